The molecule has 2 aromatic carbocycles. The van der Waals surface area contributed by atoms with E-state index in [1.165, 1.54) is 38.5 Å². The highest BCUT2D eigenvalue weighted by Gasteiger charge is 2.11. The van der Waals surface area contributed by atoms with Crippen molar-refractivity contribution in [2.75, 3.05) is 27.4 Å². The zero-order valence-corrected chi connectivity index (χ0v) is 36.2. The molecule has 0 aliphatic rings. The second-order valence-corrected chi connectivity index (χ2v) is 13.9. The molecule has 2 amide bonds. The average Bonchev–Trinajstić information content (AvgIpc) is 3.22. The molecule has 14 nitrogen and oxygen atoms in total. The monoisotopic (exact) mass is 819 g/mol. The number of carboxylic acid groups (broad SMARTS) is 2. The first-order chi connectivity index (χ1) is 27.9. The number of nitrogens with zero attached hydrogens (tertiary/aromatic N) is 1. The molecule has 330 valence electrons. The van der Waals surface area contributed by atoms with E-state index in [1.807, 2.05) is 81.4 Å². The van der Waals surface area contributed by atoms with Crippen LogP contribution in [0.3, 0.4) is 0 Å². The van der Waals surface area contributed by atoms with Crippen LogP contribution in [0.15, 0.2) is 65.7 Å². The normalized spacial score (nSPS) is 11.3. The van der Waals surface area contributed by atoms with Crippen LogP contribution in [0.25, 0.3) is 0 Å². The van der Waals surface area contributed by atoms with Crippen LogP contribution in [0, 0.1) is 5.92 Å². The lowest BCUT2D eigenvalue weighted by molar-refractivity contribution is -0.123. The van der Waals surface area contributed by atoms with Gasteiger partial charge in [-0.2, -0.15) is 0 Å². The smallest absolute Gasteiger partial charge is 0.414 e. The molecule has 0 bridgehead atoms. The van der Waals surface area contributed by atoms with Crippen molar-refractivity contribution in [3.8, 4) is 0 Å². The van der Waals surface area contributed by atoms with Crippen molar-refractivity contribution in [2.24, 2.45) is 10.9 Å². The molecule has 2 aromatic rings. The van der Waals surface area contributed by atoms with E-state index in [0.29, 0.717) is 38.0 Å². The number of hydrogen-bond acceptors (Lipinski definition) is 9. The third-order valence-electron chi connectivity index (χ3n) is 8.10. The molecular weight excluding hydrogens is 745 g/mol. The standard InChI is InChI=1S/C25H34N4O4.C12H24O.C5H12O.2CH2O2/c1-32-17-9-8-14-23(28-20-30)15-16-26-24(27-18-21-10-4-2-5-11-21)29-25(31)33-19-22-12-6-3-7-13-22;1-3-5-7-8-10-12(11-13)9-6-4-2;1-5(2,3)6-4;2*2-1-3/h2-7,10-13,20,23H,8-9,14-19H2,1H3,(H,28,30)(H2,26,27,29,31);11-12H,3-10H2,1-2H3;1-4H3;2*1H,(H,2,3). The number of aldehydes is 1. The lowest BCUT2D eigenvalue weighted by Crippen LogP contribution is -2.43. The summed E-state index contributed by atoms with van der Waals surface area (Å²) in [6, 6.07) is 19.3. The van der Waals surface area contributed by atoms with Crippen LogP contribution in [0.4, 0.5) is 4.79 Å². The minimum atomic E-state index is -0.583. The van der Waals surface area contributed by atoms with Crippen molar-refractivity contribution >= 4 is 37.7 Å². The van der Waals surface area contributed by atoms with Gasteiger partial charge in [0.2, 0.25) is 12.4 Å². The second-order valence-electron chi connectivity index (χ2n) is 13.9. The topological polar surface area (TPSA) is 202 Å². The average molecular weight is 819 g/mol. The van der Waals surface area contributed by atoms with Gasteiger partial charge in [-0.25, -0.2) is 9.79 Å². The van der Waals surface area contributed by atoms with E-state index in [1.54, 1.807) is 14.2 Å². The molecule has 2 atom stereocenters. The Labute approximate surface area is 347 Å². The Bertz CT molecular complexity index is 1260. The van der Waals surface area contributed by atoms with E-state index in [4.69, 9.17) is 34.0 Å². The van der Waals surface area contributed by atoms with Crippen molar-refractivity contribution in [3.63, 3.8) is 0 Å². The molecule has 0 heterocycles. The van der Waals surface area contributed by atoms with Crippen molar-refractivity contribution in [3.05, 3.63) is 71.8 Å². The lowest BCUT2D eigenvalue weighted by Gasteiger charge is -2.17. The number of alkyl carbamates (subject to hydrolysis) is 1. The molecule has 0 saturated carbocycles. The zero-order chi connectivity index (χ0) is 44.1. The fourth-order valence-corrected chi connectivity index (χ4v) is 4.74. The Balaban J connectivity index is -0.000000988. The molecule has 5 N–H and O–H groups in total. The summed E-state index contributed by atoms with van der Waals surface area (Å²) in [5.74, 6) is 0.679. The summed E-state index contributed by atoms with van der Waals surface area (Å²) < 4.78 is 15.3. The number of methoxy groups -OCH3 is 2. The third kappa shape index (κ3) is 42.3. The third-order valence-corrected chi connectivity index (χ3v) is 8.10. The largest absolute Gasteiger partial charge is 0.483 e. The maximum absolute atomic E-state index is 12.3. The summed E-state index contributed by atoms with van der Waals surface area (Å²) in [4.78, 5) is 55.2. The number of guanidine groups is 1. The molecular formula is C44H74N4O10. The highest BCUT2D eigenvalue weighted by Crippen LogP contribution is 2.15. The van der Waals surface area contributed by atoms with Crippen molar-refractivity contribution in [1.29, 1.82) is 0 Å². The second kappa shape index (κ2) is 43.3. The maximum Gasteiger partial charge on any atom is 0.414 e. The fraction of sp³-hybridized carbons (Fsp3) is 0.591. The number of ether oxygens (including phenoxy) is 3. The Morgan fingerprint density at radius 3 is 1.79 bits per heavy atom. The van der Waals surface area contributed by atoms with Gasteiger partial charge in [-0.05, 0) is 70.4 Å². The Morgan fingerprint density at radius 1 is 0.759 bits per heavy atom. The quantitative estimate of drug-likeness (QED) is 0.0313. The minimum absolute atomic E-state index is 0.0345. The van der Waals surface area contributed by atoms with Gasteiger partial charge in [-0.1, -0.05) is 113 Å². The maximum atomic E-state index is 12.3. The molecule has 0 radical (unpaired) electrons. The molecule has 58 heavy (non-hydrogen) atoms. The number of carbonyl (C=O) groups excluding carboxylic acids is 3. The molecule has 2 rings (SSSR count). The molecule has 0 aromatic heterocycles. The predicted octanol–water partition coefficient (Wildman–Crippen LogP) is 8.18. The highest BCUT2D eigenvalue weighted by molar-refractivity contribution is 5.93. The van der Waals surface area contributed by atoms with Gasteiger partial charge in [0, 0.05) is 39.3 Å². The first kappa shape index (κ1) is 57.5. The highest BCUT2D eigenvalue weighted by atomic mass is 16.5. The summed E-state index contributed by atoms with van der Waals surface area (Å²) in [5.41, 5.74) is 1.97. The first-order valence-electron chi connectivity index (χ1n) is 20.1. The van der Waals surface area contributed by atoms with Crippen LogP contribution in [-0.4, -0.2) is 86.9 Å². The summed E-state index contributed by atoms with van der Waals surface area (Å²) in [6.45, 7) is 11.8. The molecule has 0 fully saturated rings. The number of aliphatic imine (C=N–C) groups is 1. The van der Waals surface area contributed by atoms with Crippen LogP contribution >= 0.6 is 0 Å². The summed E-state index contributed by atoms with van der Waals surface area (Å²) >= 11 is 0. The van der Waals surface area contributed by atoms with Crippen molar-refractivity contribution < 1.29 is 48.4 Å². The number of hydrogen-bond donors (Lipinski definition) is 5. The molecule has 0 saturated heterocycles. The number of amides is 2. The number of benzene rings is 2. The van der Waals surface area contributed by atoms with Crippen LogP contribution in [0.5, 0.6) is 0 Å². The Morgan fingerprint density at radius 2 is 1.29 bits per heavy atom. The molecule has 14 heteroatoms. The molecule has 0 spiro atoms. The summed E-state index contributed by atoms with van der Waals surface area (Å²) in [5, 5.41) is 22.5. The Hall–Kier alpha value is -4.82. The van der Waals surface area contributed by atoms with E-state index in [0.717, 1.165) is 55.9 Å². The van der Waals surface area contributed by atoms with Gasteiger partial charge < -0.3 is 39.9 Å². The predicted molar refractivity (Wildman–Crippen MR) is 231 cm³/mol. The van der Waals surface area contributed by atoms with E-state index < -0.39 is 6.09 Å². The van der Waals surface area contributed by atoms with Crippen LogP contribution in [0.1, 0.15) is 123 Å². The number of nitrogens with one attached hydrogen (secondary N) is 3. The van der Waals surface area contributed by atoms with Gasteiger partial charge in [-0.15, -0.1) is 0 Å². The summed E-state index contributed by atoms with van der Waals surface area (Å²) in [6.07, 6.45) is 14.5. The van der Waals surface area contributed by atoms with Crippen LogP contribution in [-0.2, 0) is 46.5 Å². The van der Waals surface area contributed by atoms with E-state index in [9.17, 15) is 14.4 Å². The zero-order valence-electron chi connectivity index (χ0n) is 36.2. The van der Waals surface area contributed by atoms with Gasteiger partial charge in [0.1, 0.15) is 12.9 Å². The summed E-state index contributed by atoms with van der Waals surface area (Å²) in [7, 11) is 3.39. The van der Waals surface area contributed by atoms with Crippen LogP contribution < -0.4 is 16.0 Å². The van der Waals surface area contributed by atoms with Gasteiger partial charge in [0.15, 0.2) is 0 Å². The number of rotatable bonds is 23. The van der Waals surface area contributed by atoms with Gasteiger partial charge in [0.05, 0.1) is 12.1 Å². The van der Waals surface area contributed by atoms with Crippen LogP contribution in [0.2, 0.25) is 0 Å². The number of unbranched alkanes of at least 4 members (excludes halogenated alkanes) is 5. The minimum Gasteiger partial charge on any atom is -0.483 e. The van der Waals surface area contributed by atoms with E-state index in [-0.39, 0.29) is 31.2 Å². The lowest BCUT2D eigenvalue weighted by atomic mass is 9.97. The fourth-order valence-electron chi connectivity index (χ4n) is 4.74. The van der Waals surface area contributed by atoms with Crippen molar-refractivity contribution in [1.82, 2.24) is 16.0 Å². The van der Waals surface area contributed by atoms with Gasteiger partial charge >= 0.3 is 6.09 Å². The number of carbonyl (C=O) groups is 5. The SMILES string of the molecule is CCCCCCC(C=O)CCCC.COC(C)(C)C.COCCCCC(CCNC(=NCc1ccccc1)NC(=O)OCc1ccccc1)NC=O.O=CO.O=CO. The van der Waals surface area contributed by atoms with Gasteiger partial charge in [-0.3, -0.25) is 19.7 Å². The first-order valence-corrected chi connectivity index (χ1v) is 20.1. The van der Waals surface area contributed by atoms with Crippen molar-refractivity contribution in [2.45, 2.75) is 136 Å². The molecule has 0 aliphatic carbocycles. The van der Waals surface area contributed by atoms with Gasteiger partial charge in [0.25, 0.3) is 12.9 Å². The molecule has 2 unspecified atom stereocenters. The van der Waals surface area contributed by atoms with E-state index >= 15 is 0 Å². The van der Waals surface area contributed by atoms with E-state index in [2.05, 4.69) is 34.8 Å². The molecule has 0 aliphatic heterocycles. The Kier molecular flexibility index (Phi) is 42.9.